The van der Waals surface area contributed by atoms with Gasteiger partial charge < -0.3 is 14.2 Å². The molecule has 0 aliphatic rings. The van der Waals surface area contributed by atoms with Crippen molar-refractivity contribution in [3.8, 4) is 22.8 Å². The molecule has 7 heteroatoms. The zero-order valence-electron chi connectivity index (χ0n) is 13.3. The molecule has 0 saturated heterocycles. The molecule has 0 radical (unpaired) electrons. The van der Waals surface area contributed by atoms with Crippen LogP contribution < -0.4 is 0 Å². The lowest BCUT2D eigenvalue weighted by Crippen LogP contribution is -1.91. The van der Waals surface area contributed by atoms with Gasteiger partial charge in [0.1, 0.15) is 0 Å². The molecule has 24 heavy (non-hydrogen) atoms. The Morgan fingerprint density at radius 3 is 2.79 bits per heavy atom. The van der Waals surface area contributed by atoms with Crippen LogP contribution in [-0.4, -0.2) is 29.8 Å². The van der Waals surface area contributed by atoms with Crippen molar-refractivity contribution in [3.05, 3.63) is 48.2 Å². The van der Waals surface area contributed by atoms with Crippen molar-refractivity contribution in [2.45, 2.75) is 13.5 Å². The average Bonchev–Trinajstić information content (AvgIpc) is 3.18. The fourth-order valence-corrected chi connectivity index (χ4v) is 2.75. The summed E-state index contributed by atoms with van der Waals surface area (Å²) in [6.45, 7) is 1.73. The molecule has 0 atom stereocenters. The largest absolute Gasteiger partial charge is 0.392 e. The number of aromatic nitrogens is 5. The van der Waals surface area contributed by atoms with Crippen molar-refractivity contribution < 1.29 is 9.63 Å². The first-order valence-electron chi connectivity index (χ1n) is 7.47. The number of nitrogens with zero attached hydrogens (tertiary/aromatic N) is 5. The van der Waals surface area contributed by atoms with Gasteiger partial charge in [-0.15, -0.1) is 0 Å². The molecule has 0 saturated carbocycles. The highest BCUT2D eigenvalue weighted by Crippen LogP contribution is 2.26. The van der Waals surface area contributed by atoms with Gasteiger partial charge in [-0.3, -0.25) is 9.97 Å². The standard InChI is InChI=1S/C17H15N5O2/c1-10-20-17(21-24-10)11-3-4-18-14(5-11)15-6-13-12(9-23)8-22(2)16(13)7-19-15/h3-8,23H,9H2,1-2H3. The monoisotopic (exact) mass is 321 g/mol. The summed E-state index contributed by atoms with van der Waals surface area (Å²) >= 11 is 0. The molecule has 4 aromatic rings. The molecular formula is C17H15N5O2. The Balaban J connectivity index is 1.82. The zero-order chi connectivity index (χ0) is 16.7. The van der Waals surface area contributed by atoms with Crippen molar-refractivity contribution in [3.63, 3.8) is 0 Å². The molecule has 0 bridgehead atoms. The fraction of sp³-hybridized carbons (Fsp3) is 0.176. The Morgan fingerprint density at radius 1 is 1.21 bits per heavy atom. The van der Waals surface area contributed by atoms with Crippen LogP contribution in [0.5, 0.6) is 0 Å². The minimum Gasteiger partial charge on any atom is -0.392 e. The number of aliphatic hydroxyl groups excluding tert-OH is 1. The van der Waals surface area contributed by atoms with Crippen LogP contribution >= 0.6 is 0 Å². The van der Waals surface area contributed by atoms with Crippen LogP contribution in [0.25, 0.3) is 33.7 Å². The van der Waals surface area contributed by atoms with Crippen LogP contribution in [0.4, 0.5) is 0 Å². The number of pyridine rings is 2. The van der Waals surface area contributed by atoms with Gasteiger partial charge in [-0.25, -0.2) is 0 Å². The average molecular weight is 321 g/mol. The molecule has 0 aromatic carbocycles. The summed E-state index contributed by atoms with van der Waals surface area (Å²) in [4.78, 5) is 13.1. The summed E-state index contributed by atoms with van der Waals surface area (Å²) in [7, 11) is 1.93. The van der Waals surface area contributed by atoms with Crippen molar-refractivity contribution in [1.29, 1.82) is 0 Å². The maximum atomic E-state index is 9.53. The lowest BCUT2D eigenvalue weighted by molar-refractivity contribution is 0.283. The lowest BCUT2D eigenvalue weighted by atomic mass is 10.1. The lowest BCUT2D eigenvalue weighted by Gasteiger charge is -2.03. The third kappa shape index (κ3) is 2.35. The van der Waals surface area contributed by atoms with E-state index in [1.54, 1.807) is 19.3 Å². The van der Waals surface area contributed by atoms with E-state index in [1.807, 2.05) is 36.0 Å². The van der Waals surface area contributed by atoms with Crippen LogP contribution in [0.3, 0.4) is 0 Å². The second kappa shape index (κ2) is 5.54. The minimum absolute atomic E-state index is 0.0175. The van der Waals surface area contributed by atoms with Crippen LogP contribution in [0, 0.1) is 6.92 Å². The van der Waals surface area contributed by atoms with E-state index in [2.05, 4.69) is 20.1 Å². The summed E-state index contributed by atoms with van der Waals surface area (Å²) in [6, 6.07) is 5.64. The van der Waals surface area contributed by atoms with Gasteiger partial charge in [-0.2, -0.15) is 4.98 Å². The summed E-state index contributed by atoms with van der Waals surface area (Å²) < 4.78 is 6.98. The van der Waals surface area contributed by atoms with E-state index in [-0.39, 0.29) is 6.61 Å². The van der Waals surface area contributed by atoms with E-state index >= 15 is 0 Å². The third-order valence-electron chi connectivity index (χ3n) is 3.94. The third-order valence-corrected chi connectivity index (χ3v) is 3.94. The molecule has 120 valence electrons. The number of rotatable bonds is 3. The van der Waals surface area contributed by atoms with E-state index in [4.69, 9.17) is 4.52 Å². The van der Waals surface area contributed by atoms with Crippen molar-refractivity contribution >= 4 is 10.9 Å². The van der Waals surface area contributed by atoms with Gasteiger partial charge >= 0.3 is 0 Å². The Morgan fingerprint density at radius 2 is 2.04 bits per heavy atom. The molecule has 4 heterocycles. The molecule has 0 unspecified atom stereocenters. The summed E-state index contributed by atoms with van der Waals surface area (Å²) in [6.07, 6.45) is 5.39. The first-order chi connectivity index (χ1) is 11.7. The minimum atomic E-state index is -0.0175. The van der Waals surface area contributed by atoms with Crippen LogP contribution in [-0.2, 0) is 13.7 Å². The van der Waals surface area contributed by atoms with Gasteiger partial charge in [-0.05, 0) is 18.2 Å². The molecule has 4 aromatic heterocycles. The van der Waals surface area contributed by atoms with E-state index < -0.39 is 0 Å². The summed E-state index contributed by atoms with van der Waals surface area (Å²) in [5.41, 5.74) is 4.08. The normalized spacial score (nSPS) is 11.3. The smallest absolute Gasteiger partial charge is 0.223 e. The highest BCUT2D eigenvalue weighted by atomic mass is 16.5. The number of hydrogen-bond acceptors (Lipinski definition) is 6. The van der Waals surface area contributed by atoms with E-state index in [9.17, 15) is 5.11 Å². The van der Waals surface area contributed by atoms with Crippen LogP contribution in [0.2, 0.25) is 0 Å². The van der Waals surface area contributed by atoms with Gasteiger partial charge in [0, 0.05) is 42.9 Å². The molecule has 0 fully saturated rings. The van der Waals surface area contributed by atoms with Crippen molar-refractivity contribution in [1.82, 2.24) is 24.7 Å². The Bertz CT molecular complexity index is 1030. The van der Waals surface area contributed by atoms with Crippen LogP contribution in [0.1, 0.15) is 11.5 Å². The molecule has 0 amide bonds. The summed E-state index contributed by atoms with van der Waals surface area (Å²) in [5, 5.41) is 14.4. The molecular weight excluding hydrogens is 306 g/mol. The molecule has 4 rings (SSSR count). The number of hydrogen-bond donors (Lipinski definition) is 1. The molecule has 0 aliphatic carbocycles. The topological polar surface area (TPSA) is 89.9 Å². The fourth-order valence-electron chi connectivity index (χ4n) is 2.75. The maximum Gasteiger partial charge on any atom is 0.223 e. The molecule has 0 aliphatic heterocycles. The van der Waals surface area contributed by atoms with Crippen molar-refractivity contribution in [2.24, 2.45) is 7.05 Å². The highest BCUT2D eigenvalue weighted by molar-refractivity contribution is 5.86. The van der Waals surface area contributed by atoms with Crippen molar-refractivity contribution in [2.75, 3.05) is 0 Å². The molecule has 7 nitrogen and oxygen atoms in total. The number of aliphatic hydroxyl groups is 1. The SMILES string of the molecule is Cc1nc(-c2ccnc(-c3cc4c(CO)cn(C)c4cn3)c2)no1. The van der Waals surface area contributed by atoms with Gasteiger partial charge in [0.05, 0.1) is 29.7 Å². The van der Waals surface area contributed by atoms with E-state index in [1.165, 1.54) is 0 Å². The second-order valence-electron chi connectivity index (χ2n) is 5.58. The zero-order valence-corrected chi connectivity index (χ0v) is 13.3. The van der Waals surface area contributed by atoms with Gasteiger partial charge in [0.2, 0.25) is 11.7 Å². The van der Waals surface area contributed by atoms with E-state index in [0.717, 1.165) is 27.7 Å². The first-order valence-corrected chi connectivity index (χ1v) is 7.47. The predicted molar refractivity (Wildman–Crippen MR) is 87.9 cm³/mol. The maximum absolute atomic E-state index is 9.53. The predicted octanol–water partition coefficient (Wildman–Crippen LogP) is 2.49. The van der Waals surface area contributed by atoms with Gasteiger partial charge in [-0.1, -0.05) is 5.16 Å². The Labute approximate surface area is 137 Å². The number of aryl methyl sites for hydroxylation is 2. The quantitative estimate of drug-likeness (QED) is 0.623. The summed E-state index contributed by atoms with van der Waals surface area (Å²) in [5.74, 6) is 1.03. The Hall–Kier alpha value is -3.06. The second-order valence-corrected chi connectivity index (χ2v) is 5.58. The van der Waals surface area contributed by atoms with E-state index in [0.29, 0.717) is 17.4 Å². The first kappa shape index (κ1) is 14.5. The van der Waals surface area contributed by atoms with Gasteiger partial charge in [0.25, 0.3) is 0 Å². The Kier molecular flexibility index (Phi) is 3.35. The molecule has 1 N–H and O–H groups in total. The number of fused-ring (bicyclic) bond motifs is 1. The molecule has 0 spiro atoms. The highest BCUT2D eigenvalue weighted by Gasteiger charge is 2.12. The van der Waals surface area contributed by atoms with Crippen LogP contribution in [0.15, 0.2) is 41.3 Å². The van der Waals surface area contributed by atoms with Gasteiger partial charge in [0.15, 0.2) is 0 Å².